The van der Waals surface area contributed by atoms with Gasteiger partial charge in [0, 0.05) is 53.9 Å². The Morgan fingerprint density at radius 3 is 2.74 bits per heavy atom. The van der Waals surface area contributed by atoms with Crippen LogP contribution in [0.15, 0.2) is 58.8 Å². The van der Waals surface area contributed by atoms with Gasteiger partial charge in [0.2, 0.25) is 5.13 Å². The van der Waals surface area contributed by atoms with Crippen molar-refractivity contribution in [3.63, 3.8) is 0 Å². The highest BCUT2D eigenvalue weighted by Gasteiger charge is 2.44. The van der Waals surface area contributed by atoms with Crippen LogP contribution in [0.25, 0.3) is 0 Å². The van der Waals surface area contributed by atoms with Crippen LogP contribution in [-0.4, -0.2) is 36.7 Å². The van der Waals surface area contributed by atoms with Crippen molar-refractivity contribution in [3.8, 4) is 11.5 Å². The van der Waals surface area contributed by atoms with Crippen molar-refractivity contribution in [2.24, 2.45) is 0 Å². The van der Waals surface area contributed by atoms with E-state index in [0.29, 0.717) is 34.9 Å². The van der Waals surface area contributed by atoms with Gasteiger partial charge in [0.05, 0.1) is 12.3 Å². The van der Waals surface area contributed by atoms with Gasteiger partial charge in [-0.05, 0) is 50.5 Å². The fraction of sp³-hybridized carbons (Fsp3) is 0.370. The van der Waals surface area contributed by atoms with Gasteiger partial charge in [-0.2, -0.15) is 4.37 Å². The molecular formula is C27H28N6O3S2. The van der Waals surface area contributed by atoms with Crippen molar-refractivity contribution in [1.29, 1.82) is 0 Å². The lowest BCUT2D eigenvalue weighted by Crippen LogP contribution is -2.32. The third kappa shape index (κ3) is 5.51. The average Bonchev–Trinajstić information content (AvgIpc) is 3.56. The van der Waals surface area contributed by atoms with Crippen LogP contribution in [0.5, 0.6) is 11.5 Å². The lowest BCUT2D eigenvalue weighted by molar-refractivity contribution is -0.188. The minimum Gasteiger partial charge on any atom is -0.452 e. The topological polar surface area (TPSA) is 104 Å². The Kier molecular flexibility index (Phi) is 7.24. The zero-order chi connectivity index (χ0) is 26.0. The lowest BCUT2D eigenvalue weighted by Gasteiger charge is -2.31. The maximum atomic E-state index is 6.31. The predicted molar refractivity (Wildman–Crippen MR) is 145 cm³/mol. The summed E-state index contributed by atoms with van der Waals surface area (Å²) in [5.74, 6) is 1.90. The molecular weight excluding hydrogens is 520 g/mol. The molecule has 5 heterocycles. The summed E-state index contributed by atoms with van der Waals surface area (Å²) in [6.07, 6.45) is 10.4. The molecule has 4 aromatic heterocycles. The summed E-state index contributed by atoms with van der Waals surface area (Å²) in [7, 11) is 0. The number of nitrogens with one attached hydrogen (secondary N) is 1. The molecule has 0 amide bonds. The minimum atomic E-state index is -0.467. The molecule has 38 heavy (non-hydrogen) atoms. The van der Waals surface area contributed by atoms with Crippen LogP contribution in [0.1, 0.15) is 55.3 Å². The number of nitrogens with zero attached hydrogens (tertiary/aromatic N) is 5. The van der Waals surface area contributed by atoms with Gasteiger partial charge < -0.3 is 19.5 Å². The average molecular weight is 549 g/mol. The number of rotatable bonds is 7. The normalized spacial score (nSPS) is 18.5. The van der Waals surface area contributed by atoms with E-state index in [9.17, 15) is 0 Å². The molecule has 2 fully saturated rings. The zero-order valence-electron chi connectivity index (χ0n) is 21.2. The number of ether oxygens (including phenoxy) is 3. The maximum Gasteiger partial charge on any atom is 0.208 e. The number of hydrogen-bond donors (Lipinski definition) is 1. The van der Waals surface area contributed by atoms with Crippen LogP contribution in [-0.2, 0) is 9.47 Å². The molecule has 6 rings (SSSR count). The van der Waals surface area contributed by atoms with E-state index in [2.05, 4.69) is 24.6 Å². The van der Waals surface area contributed by atoms with Crippen molar-refractivity contribution in [1.82, 2.24) is 24.3 Å². The second-order valence-corrected chi connectivity index (χ2v) is 11.2. The number of aryl methyl sites for hydroxylation is 2. The third-order valence-electron chi connectivity index (χ3n) is 6.61. The summed E-state index contributed by atoms with van der Waals surface area (Å²) in [6.45, 7) is 4.42. The predicted octanol–water partition coefficient (Wildman–Crippen LogP) is 6.78. The second kappa shape index (κ2) is 10.9. The van der Waals surface area contributed by atoms with Gasteiger partial charge in [-0.1, -0.05) is 24.2 Å². The molecule has 2 aliphatic rings. The summed E-state index contributed by atoms with van der Waals surface area (Å²) < 4.78 is 23.2. The van der Waals surface area contributed by atoms with E-state index < -0.39 is 5.79 Å². The molecule has 0 aromatic carbocycles. The van der Waals surface area contributed by atoms with Crippen molar-refractivity contribution in [3.05, 3.63) is 66.0 Å². The number of hydrogen-bond acceptors (Lipinski definition) is 11. The van der Waals surface area contributed by atoms with E-state index in [-0.39, 0.29) is 6.10 Å². The van der Waals surface area contributed by atoms with Crippen molar-refractivity contribution >= 4 is 34.2 Å². The van der Waals surface area contributed by atoms with Gasteiger partial charge in [0.1, 0.15) is 16.9 Å². The third-order valence-corrected chi connectivity index (χ3v) is 8.33. The van der Waals surface area contributed by atoms with Crippen LogP contribution in [0.3, 0.4) is 0 Å². The van der Waals surface area contributed by atoms with Crippen molar-refractivity contribution in [2.75, 3.05) is 11.9 Å². The number of pyridine rings is 3. The highest BCUT2D eigenvalue weighted by Crippen LogP contribution is 2.43. The first kappa shape index (κ1) is 25.2. The maximum absolute atomic E-state index is 6.31. The quantitative estimate of drug-likeness (QED) is 0.266. The van der Waals surface area contributed by atoms with Gasteiger partial charge in [0.15, 0.2) is 23.2 Å². The Hall–Kier alpha value is -3.12. The molecule has 1 spiro atoms. The Morgan fingerprint density at radius 2 is 1.89 bits per heavy atom. The summed E-state index contributed by atoms with van der Waals surface area (Å²) in [4.78, 5) is 19.1. The Balaban J connectivity index is 1.24. The van der Waals surface area contributed by atoms with Crippen molar-refractivity contribution in [2.45, 2.75) is 67.8 Å². The Morgan fingerprint density at radius 1 is 1.05 bits per heavy atom. The van der Waals surface area contributed by atoms with Crippen molar-refractivity contribution < 1.29 is 14.2 Å². The smallest absolute Gasteiger partial charge is 0.208 e. The lowest BCUT2D eigenvalue weighted by atomic mass is 9.94. The molecule has 1 aliphatic carbocycles. The molecule has 1 aliphatic heterocycles. The van der Waals surface area contributed by atoms with Crippen LogP contribution in [0.4, 0.5) is 10.9 Å². The minimum absolute atomic E-state index is 0.262. The van der Waals surface area contributed by atoms with Gasteiger partial charge in [-0.25, -0.2) is 15.0 Å². The molecule has 4 aromatic rings. The second-order valence-electron chi connectivity index (χ2n) is 9.41. The first-order valence-electron chi connectivity index (χ1n) is 12.7. The summed E-state index contributed by atoms with van der Waals surface area (Å²) in [5, 5.41) is 4.82. The highest BCUT2D eigenvalue weighted by atomic mass is 32.2. The fourth-order valence-corrected chi connectivity index (χ4v) is 6.04. The molecule has 11 heteroatoms. The molecule has 1 atom stereocenters. The fourth-order valence-electron chi connectivity index (χ4n) is 4.59. The highest BCUT2D eigenvalue weighted by molar-refractivity contribution is 7.99. The monoisotopic (exact) mass is 548 g/mol. The molecule has 1 N–H and O–H groups in total. The standard InChI is InChI=1S/C27H28N6O3S2/c1-17-8-6-13-29-25(17)37-19-14-21(35-20-9-7-12-28-18(20)2)23(30-15-19)31-26-32-24(33-38-26)22-16-34-27(36-22)10-4-3-5-11-27/h6-9,12-15,22H,3-5,10-11,16H2,1-2H3,(H,30,31,32,33)/t22-/m1/s1. The molecule has 1 saturated carbocycles. The van der Waals surface area contributed by atoms with Gasteiger partial charge in [-0.3, -0.25) is 4.98 Å². The van der Waals surface area contributed by atoms with Gasteiger partial charge in [0.25, 0.3) is 0 Å². The zero-order valence-corrected chi connectivity index (χ0v) is 22.8. The summed E-state index contributed by atoms with van der Waals surface area (Å²) in [5.41, 5.74) is 1.88. The van der Waals surface area contributed by atoms with Gasteiger partial charge >= 0.3 is 0 Å². The first-order chi connectivity index (χ1) is 18.6. The Bertz CT molecular complexity index is 1430. The van der Waals surface area contributed by atoms with E-state index in [1.54, 1.807) is 18.6 Å². The van der Waals surface area contributed by atoms with E-state index in [1.807, 2.05) is 44.2 Å². The Labute approximate surface area is 229 Å². The van der Waals surface area contributed by atoms with E-state index >= 15 is 0 Å². The molecule has 0 radical (unpaired) electrons. The largest absolute Gasteiger partial charge is 0.452 e. The van der Waals surface area contributed by atoms with Crippen LogP contribution in [0.2, 0.25) is 0 Å². The SMILES string of the molecule is Cc1cccnc1Sc1cnc(Nc2nc([C@H]3COC4(CCCCC4)O3)ns2)c(Oc2cccnc2C)c1. The molecule has 1 saturated heterocycles. The van der Waals surface area contributed by atoms with E-state index in [0.717, 1.165) is 46.9 Å². The summed E-state index contributed by atoms with van der Waals surface area (Å²) in [6, 6.07) is 9.65. The number of aromatic nitrogens is 5. The molecule has 9 nitrogen and oxygen atoms in total. The van der Waals surface area contributed by atoms with Gasteiger partial charge in [-0.15, -0.1) is 0 Å². The first-order valence-corrected chi connectivity index (χ1v) is 14.3. The molecule has 0 unspecified atom stereocenters. The van der Waals surface area contributed by atoms with E-state index in [1.165, 1.54) is 29.7 Å². The van der Waals surface area contributed by atoms with E-state index in [4.69, 9.17) is 19.2 Å². The van der Waals surface area contributed by atoms with Crippen LogP contribution < -0.4 is 10.1 Å². The van der Waals surface area contributed by atoms with Crippen LogP contribution >= 0.6 is 23.3 Å². The number of anilines is 2. The molecule has 0 bridgehead atoms. The summed E-state index contributed by atoms with van der Waals surface area (Å²) >= 11 is 2.80. The van der Waals surface area contributed by atoms with Crippen LogP contribution in [0, 0.1) is 13.8 Å². The molecule has 196 valence electrons.